The quantitative estimate of drug-likeness (QED) is 0.0397. The monoisotopic (exact) mass is 717 g/mol. The van der Waals surface area contributed by atoms with E-state index >= 15 is 0 Å². The van der Waals surface area contributed by atoms with Gasteiger partial charge < -0.3 is 9.47 Å². The van der Waals surface area contributed by atoms with Crippen molar-refractivity contribution < 1.29 is 14.3 Å². The average molecular weight is 717 g/mol. The summed E-state index contributed by atoms with van der Waals surface area (Å²) in [4.78, 5) is 12.9. The topological polar surface area (TPSA) is 35.5 Å². The molecule has 0 saturated heterocycles. The number of allylic oxidation sites excluding steroid dienone is 1. The summed E-state index contributed by atoms with van der Waals surface area (Å²) >= 11 is 0. The zero-order valence-electron chi connectivity index (χ0n) is 34.1. The van der Waals surface area contributed by atoms with Crippen LogP contribution in [-0.4, -0.2) is 19.0 Å². The Morgan fingerprint density at radius 1 is 0.442 bits per heavy atom. The molecular formula is C49H80O3. The number of hydrogen-bond donors (Lipinski definition) is 0. The third kappa shape index (κ3) is 26.3. The van der Waals surface area contributed by atoms with Gasteiger partial charge in [-0.3, -0.25) is 4.79 Å². The lowest BCUT2D eigenvalue weighted by molar-refractivity contribution is 0.104. The summed E-state index contributed by atoms with van der Waals surface area (Å²) in [5.74, 6) is 1.67. The highest BCUT2D eigenvalue weighted by molar-refractivity contribution is 6.07. The normalized spacial score (nSPS) is 11.4. The third-order valence-electron chi connectivity index (χ3n) is 10.5. The second kappa shape index (κ2) is 34.2. The average Bonchev–Trinajstić information content (AvgIpc) is 3.17. The van der Waals surface area contributed by atoms with Crippen molar-refractivity contribution in [2.24, 2.45) is 0 Å². The zero-order chi connectivity index (χ0) is 37.0. The Kier molecular flexibility index (Phi) is 30.0. The van der Waals surface area contributed by atoms with Gasteiger partial charge in [0.15, 0.2) is 5.78 Å². The summed E-state index contributed by atoms with van der Waals surface area (Å²) in [5.41, 5.74) is 1.65. The van der Waals surface area contributed by atoms with Gasteiger partial charge in [0.1, 0.15) is 11.5 Å². The molecule has 0 atom stereocenters. The number of ketones is 1. The number of hydrogen-bond acceptors (Lipinski definition) is 3. The molecule has 2 aromatic carbocycles. The molecule has 0 N–H and O–H groups in total. The van der Waals surface area contributed by atoms with Crippen LogP contribution in [0.15, 0.2) is 54.6 Å². The molecule has 0 saturated carbocycles. The molecule has 0 radical (unpaired) electrons. The van der Waals surface area contributed by atoms with Gasteiger partial charge in [-0.2, -0.15) is 0 Å². The number of ether oxygens (including phenoxy) is 2. The van der Waals surface area contributed by atoms with Crippen molar-refractivity contribution >= 4 is 11.9 Å². The molecule has 0 aliphatic heterocycles. The number of rotatable bonds is 37. The summed E-state index contributed by atoms with van der Waals surface area (Å²) in [6.45, 7) is 6.05. The van der Waals surface area contributed by atoms with Crippen LogP contribution in [-0.2, 0) is 0 Å². The van der Waals surface area contributed by atoms with Crippen LogP contribution < -0.4 is 9.47 Å². The van der Waals surface area contributed by atoms with E-state index in [0.29, 0.717) is 12.2 Å². The maximum atomic E-state index is 12.9. The maximum Gasteiger partial charge on any atom is 0.185 e. The molecule has 2 rings (SSSR count). The van der Waals surface area contributed by atoms with Crippen LogP contribution in [0.5, 0.6) is 11.5 Å². The summed E-state index contributed by atoms with van der Waals surface area (Å²) in [6, 6.07) is 15.6. The van der Waals surface area contributed by atoms with E-state index in [1.807, 2.05) is 54.6 Å². The molecule has 52 heavy (non-hydrogen) atoms. The van der Waals surface area contributed by atoms with Crippen molar-refractivity contribution in [2.45, 2.75) is 206 Å². The fourth-order valence-corrected chi connectivity index (χ4v) is 7.01. The molecular weight excluding hydrogens is 637 g/mol. The molecule has 0 aromatic heterocycles. The lowest BCUT2D eigenvalue weighted by atomic mass is 10.0. The predicted molar refractivity (Wildman–Crippen MR) is 227 cm³/mol. The summed E-state index contributed by atoms with van der Waals surface area (Å²) in [6.07, 6.45) is 44.5. The SMILES string of the molecule is CCCCCCCCCCCCCCCCCCOc1ccc(/C=C/C(=O)c2cccc(OCCCCCCCCCCCCCCCC)c2)cc1. The molecule has 294 valence electrons. The van der Waals surface area contributed by atoms with E-state index in [0.717, 1.165) is 36.5 Å². The summed E-state index contributed by atoms with van der Waals surface area (Å²) in [5, 5.41) is 0. The van der Waals surface area contributed by atoms with Crippen LogP contribution in [0.4, 0.5) is 0 Å². The molecule has 0 aliphatic carbocycles. The van der Waals surface area contributed by atoms with Gasteiger partial charge in [-0.05, 0) is 48.7 Å². The molecule has 0 heterocycles. The number of carbonyl (C=O) groups is 1. The molecule has 3 nitrogen and oxygen atoms in total. The van der Waals surface area contributed by atoms with E-state index in [1.54, 1.807) is 6.08 Å². The predicted octanol–water partition coefficient (Wildman–Crippen LogP) is 16.1. The number of unbranched alkanes of at least 4 members (excludes halogenated alkanes) is 28. The smallest absolute Gasteiger partial charge is 0.185 e. The summed E-state index contributed by atoms with van der Waals surface area (Å²) < 4.78 is 12.0. The maximum absolute atomic E-state index is 12.9. The van der Waals surface area contributed by atoms with Gasteiger partial charge >= 0.3 is 0 Å². The first-order chi connectivity index (χ1) is 25.7. The number of carbonyl (C=O) groups excluding carboxylic acids is 1. The molecule has 0 aliphatic rings. The van der Waals surface area contributed by atoms with Crippen molar-refractivity contribution in [3.05, 3.63) is 65.7 Å². The Morgan fingerprint density at radius 3 is 1.21 bits per heavy atom. The second-order valence-corrected chi connectivity index (χ2v) is 15.4. The Bertz CT molecular complexity index is 1100. The van der Waals surface area contributed by atoms with Gasteiger partial charge in [0.25, 0.3) is 0 Å². The van der Waals surface area contributed by atoms with E-state index in [2.05, 4.69) is 13.8 Å². The van der Waals surface area contributed by atoms with Crippen LogP contribution in [0.1, 0.15) is 222 Å². The molecule has 0 spiro atoms. The first-order valence-corrected chi connectivity index (χ1v) is 22.4. The van der Waals surface area contributed by atoms with E-state index in [9.17, 15) is 4.79 Å². The van der Waals surface area contributed by atoms with Crippen LogP contribution in [0.2, 0.25) is 0 Å². The largest absolute Gasteiger partial charge is 0.494 e. The highest BCUT2D eigenvalue weighted by Crippen LogP contribution is 2.19. The van der Waals surface area contributed by atoms with E-state index in [4.69, 9.17) is 9.47 Å². The molecule has 0 bridgehead atoms. The number of benzene rings is 2. The van der Waals surface area contributed by atoms with Gasteiger partial charge in [-0.15, -0.1) is 0 Å². The second-order valence-electron chi connectivity index (χ2n) is 15.4. The molecule has 0 fully saturated rings. The highest BCUT2D eigenvalue weighted by atomic mass is 16.5. The van der Waals surface area contributed by atoms with Crippen LogP contribution >= 0.6 is 0 Å². The minimum atomic E-state index is -0.00855. The Hall–Kier alpha value is -2.55. The zero-order valence-corrected chi connectivity index (χ0v) is 34.1. The van der Waals surface area contributed by atoms with E-state index < -0.39 is 0 Å². The van der Waals surface area contributed by atoms with Gasteiger partial charge in [-0.1, -0.05) is 224 Å². The van der Waals surface area contributed by atoms with Crippen LogP contribution in [0.3, 0.4) is 0 Å². The van der Waals surface area contributed by atoms with Crippen molar-refractivity contribution in [1.82, 2.24) is 0 Å². The first-order valence-electron chi connectivity index (χ1n) is 22.4. The van der Waals surface area contributed by atoms with Crippen LogP contribution in [0, 0.1) is 0 Å². The summed E-state index contributed by atoms with van der Waals surface area (Å²) in [7, 11) is 0. The van der Waals surface area contributed by atoms with Crippen molar-refractivity contribution in [3.8, 4) is 11.5 Å². The van der Waals surface area contributed by atoms with E-state index in [-0.39, 0.29) is 5.78 Å². The molecule has 2 aromatic rings. The molecule has 0 amide bonds. The van der Waals surface area contributed by atoms with Gasteiger partial charge in [0.2, 0.25) is 0 Å². The van der Waals surface area contributed by atoms with Gasteiger partial charge in [0, 0.05) is 5.56 Å². The minimum absolute atomic E-state index is 0.00855. The molecule has 0 unspecified atom stereocenters. The lowest BCUT2D eigenvalue weighted by Gasteiger charge is -2.07. The first kappa shape index (κ1) is 45.6. The van der Waals surface area contributed by atoms with Crippen molar-refractivity contribution in [3.63, 3.8) is 0 Å². The van der Waals surface area contributed by atoms with Crippen molar-refractivity contribution in [2.75, 3.05) is 13.2 Å². The fraction of sp³-hybridized carbons (Fsp3) is 0.694. The van der Waals surface area contributed by atoms with Crippen molar-refractivity contribution in [1.29, 1.82) is 0 Å². The Balaban J connectivity index is 1.45. The molecule has 3 heteroatoms. The van der Waals surface area contributed by atoms with Gasteiger partial charge in [0.05, 0.1) is 13.2 Å². The highest BCUT2D eigenvalue weighted by Gasteiger charge is 2.05. The van der Waals surface area contributed by atoms with E-state index in [1.165, 1.54) is 180 Å². The Morgan fingerprint density at radius 2 is 0.808 bits per heavy atom. The standard InChI is InChI=1S/C49H80O3/c1-3-5-7-9-11-13-15-17-19-20-22-23-25-27-29-31-42-51-47-39-36-45(37-40-47)38-41-49(50)46-34-33-35-48(44-46)52-43-32-30-28-26-24-21-18-16-14-12-10-8-6-4-2/h33-41,44H,3-32,42-43H2,1-2H3/b41-38+. The lowest BCUT2D eigenvalue weighted by Crippen LogP contribution is -2.00. The fourth-order valence-electron chi connectivity index (χ4n) is 7.01. The minimum Gasteiger partial charge on any atom is -0.494 e. The van der Waals surface area contributed by atoms with Gasteiger partial charge in [-0.25, -0.2) is 0 Å². The van der Waals surface area contributed by atoms with Crippen LogP contribution in [0.25, 0.3) is 6.08 Å². The Labute approximate surface area is 322 Å². The third-order valence-corrected chi connectivity index (χ3v) is 10.5.